The molecular formula is C12H17N3. The van der Waals surface area contributed by atoms with Crippen molar-refractivity contribution in [2.24, 2.45) is 10.7 Å². The zero-order chi connectivity index (χ0) is 10.5. The quantitative estimate of drug-likeness (QED) is 0.773. The van der Waals surface area contributed by atoms with Gasteiger partial charge in [0, 0.05) is 25.2 Å². The van der Waals surface area contributed by atoms with Crippen molar-refractivity contribution in [1.82, 2.24) is 0 Å². The first-order chi connectivity index (χ1) is 7.38. The van der Waals surface area contributed by atoms with Gasteiger partial charge in [0.25, 0.3) is 0 Å². The molecule has 3 nitrogen and oxygen atoms in total. The molecule has 1 aromatic carbocycles. The lowest BCUT2D eigenvalue weighted by Crippen LogP contribution is -2.16. The first kappa shape index (κ1) is 10.2. The summed E-state index contributed by atoms with van der Waals surface area (Å²) in [5.74, 6) is 1.11. The molecule has 1 heterocycles. The second kappa shape index (κ2) is 4.94. The second-order valence-electron chi connectivity index (χ2n) is 3.82. The van der Waals surface area contributed by atoms with Gasteiger partial charge in [-0.25, -0.2) is 0 Å². The van der Waals surface area contributed by atoms with E-state index in [1.807, 2.05) is 12.1 Å². The Balaban J connectivity index is 2.06. The lowest BCUT2D eigenvalue weighted by molar-refractivity contribution is 0.737. The SMILES string of the molecule is NCc1cccc(NC2=NCCCC2)c1. The smallest absolute Gasteiger partial charge is 0.101 e. The van der Waals surface area contributed by atoms with Gasteiger partial charge in [0.05, 0.1) is 0 Å². The molecular weight excluding hydrogens is 186 g/mol. The molecule has 0 aromatic heterocycles. The molecule has 2 rings (SSSR count). The fraction of sp³-hybridized carbons (Fsp3) is 0.417. The van der Waals surface area contributed by atoms with E-state index in [1.165, 1.54) is 12.8 Å². The van der Waals surface area contributed by atoms with Crippen LogP contribution in [0.25, 0.3) is 0 Å². The van der Waals surface area contributed by atoms with Gasteiger partial charge in [-0.05, 0) is 30.5 Å². The van der Waals surface area contributed by atoms with Crippen LogP contribution in [0.1, 0.15) is 24.8 Å². The van der Waals surface area contributed by atoms with E-state index in [-0.39, 0.29) is 0 Å². The van der Waals surface area contributed by atoms with Gasteiger partial charge in [-0.15, -0.1) is 0 Å². The first-order valence-electron chi connectivity index (χ1n) is 5.48. The number of hydrogen-bond acceptors (Lipinski definition) is 3. The maximum atomic E-state index is 5.59. The minimum Gasteiger partial charge on any atom is -0.344 e. The largest absolute Gasteiger partial charge is 0.344 e. The number of rotatable bonds is 2. The summed E-state index contributed by atoms with van der Waals surface area (Å²) in [6, 6.07) is 8.19. The summed E-state index contributed by atoms with van der Waals surface area (Å²) in [5, 5.41) is 3.35. The lowest BCUT2D eigenvalue weighted by atomic mass is 10.1. The summed E-state index contributed by atoms with van der Waals surface area (Å²) in [6.07, 6.45) is 3.52. The Morgan fingerprint density at radius 3 is 3.00 bits per heavy atom. The Morgan fingerprint density at radius 2 is 2.27 bits per heavy atom. The molecule has 1 aromatic rings. The predicted octanol–water partition coefficient (Wildman–Crippen LogP) is 2.14. The number of hydrogen-bond donors (Lipinski definition) is 2. The van der Waals surface area contributed by atoms with Gasteiger partial charge >= 0.3 is 0 Å². The monoisotopic (exact) mass is 203 g/mol. The van der Waals surface area contributed by atoms with Crippen molar-refractivity contribution < 1.29 is 0 Å². The zero-order valence-corrected chi connectivity index (χ0v) is 8.87. The van der Waals surface area contributed by atoms with Crippen LogP contribution in [0.5, 0.6) is 0 Å². The van der Waals surface area contributed by atoms with Crippen molar-refractivity contribution in [1.29, 1.82) is 0 Å². The predicted molar refractivity (Wildman–Crippen MR) is 64.1 cm³/mol. The van der Waals surface area contributed by atoms with Crippen LogP contribution >= 0.6 is 0 Å². The molecule has 3 heteroatoms. The lowest BCUT2D eigenvalue weighted by Gasteiger charge is -2.14. The Kier molecular flexibility index (Phi) is 3.35. The standard InChI is InChI=1S/C12H17N3/c13-9-10-4-3-5-11(8-10)15-12-6-1-2-7-14-12/h3-5,8H,1-2,6-7,9,13H2,(H,14,15). The van der Waals surface area contributed by atoms with Crippen LogP contribution < -0.4 is 11.1 Å². The molecule has 0 aliphatic carbocycles. The van der Waals surface area contributed by atoms with Gasteiger partial charge in [-0.1, -0.05) is 12.1 Å². The molecule has 1 aliphatic heterocycles. The Bertz CT molecular complexity index is 358. The Hall–Kier alpha value is -1.35. The minimum atomic E-state index is 0.585. The van der Waals surface area contributed by atoms with Crippen molar-refractivity contribution in [2.75, 3.05) is 11.9 Å². The summed E-state index contributed by atoms with van der Waals surface area (Å²) in [6.45, 7) is 1.54. The Labute approximate surface area is 90.4 Å². The van der Waals surface area contributed by atoms with Crippen LogP contribution in [0, 0.1) is 0 Å². The van der Waals surface area contributed by atoms with Crippen LogP contribution in [0.4, 0.5) is 5.69 Å². The van der Waals surface area contributed by atoms with E-state index in [9.17, 15) is 0 Å². The molecule has 0 amide bonds. The van der Waals surface area contributed by atoms with E-state index in [2.05, 4.69) is 22.4 Å². The highest BCUT2D eigenvalue weighted by atomic mass is 15.0. The van der Waals surface area contributed by atoms with E-state index in [0.29, 0.717) is 6.54 Å². The third kappa shape index (κ3) is 2.80. The maximum Gasteiger partial charge on any atom is 0.101 e. The molecule has 0 atom stereocenters. The summed E-state index contributed by atoms with van der Waals surface area (Å²) in [5.41, 5.74) is 7.84. The van der Waals surface area contributed by atoms with Gasteiger partial charge in [-0.3, -0.25) is 4.99 Å². The Morgan fingerprint density at radius 1 is 1.33 bits per heavy atom. The number of nitrogens with two attached hydrogens (primary N) is 1. The van der Waals surface area contributed by atoms with Gasteiger partial charge in [0.2, 0.25) is 0 Å². The molecule has 1 aliphatic rings. The number of nitrogens with one attached hydrogen (secondary N) is 1. The molecule has 0 unspecified atom stereocenters. The average molecular weight is 203 g/mol. The number of benzene rings is 1. The van der Waals surface area contributed by atoms with E-state index < -0.39 is 0 Å². The zero-order valence-electron chi connectivity index (χ0n) is 8.87. The molecule has 0 saturated heterocycles. The molecule has 3 N–H and O–H groups in total. The van der Waals surface area contributed by atoms with Gasteiger partial charge in [0.1, 0.15) is 5.84 Å². The van der Waals surface area contributed by atoms with E-state index in [4.69, 9.17) is 5.73 Å². The summed E-state index contributed by atoms with van der Waals surface area (Å²) in [7, 11) is 0. The number of aliphatic imine (C=N–C) groups is 1. The van der Waals surface area contributed by atoms with E-state index in [1.54, 1.807) is 0 Å². The van der Waals surface area contributed by atoms with Crippen molar-refractivity contribution in [3.8, 4) is 0 Å². The molecule has 0 spiro atoms. The fourth-order valence-electron chi connectivity index (χ4n) is 1.74. The average Bonchev–Trinajstić information content (AvgIpc) is 2.31. The van der Waals surface area contributed by atoms with Gasteiger partial charge < -0.3 is 11.1 Å². The van der Waals surface area contributed by atoms with Crippen molar-refractivity contribution in [3.05, 3.63) is 29.8 Å². The molecule has 80 valence electrons. The van der Waals surface area contributed by atoms with E-state index >= 15 is 0 Å². The second-order valence-corrected chi connectivity index (χ2v) is 3.82. The normalized spacial score (nSPS) is 15.9. The molecule has 0 fully saturated rings. The van der Waals surface area contributed by atoms with Crippen LogP contribution in [0.3, 0.4) is 0 Å². The third-order valence-corrected chi connectivity index (χ3v) is 2.58. The highest BCUT2D eigenvalue weighted by Crippen LogP contribution is 2.13. The van der Waals surface area contributed by atoms with Crippen LogP contribution in [0.15, 0.2) is 29.3 Å². The van der Waals surface area contributed by atoms with Crippen molar-refractivity contribution in [2.45, 2.75) is 25.8 Å². The molecule has 0 saturated carbocycles. The minimum absolute atomic E-state index is 0.585. The van der Waals surface area contributed by atoms with Crippen LogP contribution in [-0.2, 0) is 6.54 Å². The highest BCUT2D eigenvalue weighted by molar-refractivity contribution is 5.95. The summed E-state index contributed by atoms with van der Waals surface area (Å²) < 4.78 is 0. The number of anilines is 1. The third-order valence-electron chi connectivity index (χ3n) is 2.58. The van der Waals surface area contributed by atoms with Gasteiger partial charge in [0.15, 0.2) is 0 Å². The van der Waals surface area contributed by atoms with Gasteiger partial charge in [-0.2, -0.15) is 0 Å². The molecule has 15 heavy (non-hydrogen) atoms. The maximum absolute atomic E-state index is 5.59. The van der Waals surface area contributed by atoms with E-state index in [0.717, 1.165) is 30.1 Å². The van der Waals surface area contributed by atoms with Crippen LogP contribution in [-0.4, -0.2) is 12.4 Å². The molecule has 0 bridgehead atoms. The number of amidine groups is 1. The topological polar surface area (TPSA) is 50.4 Å². The number of nitrogens with zero attached hydrogens (tertiary/aromatic N) is 1. The van der Waals surface area contributed by atoms with Crippen molar-refractivity contribution in [3.63, 3.8) is 0 Å². The summed E-state index contributed by atoms with van der Waals surface area (Å²) >= 11 is 0. The summed E-state index contributed by atoms with van der Waals surface area (Å²) in [4.78, 5) is 4.45. The highest BCUT2D eigenvalue weighted by Gasteiger charge is 2.04. The fourth-order valence-corrected chi connectivity index (χ4v) is 1.74. The molecule has 0 radical (unpaired) electrons. The first-order valence-corrected chi connectivity index (χ1v) is 5.48. The van der Waals surface area contributed by atoms with Crippen molar-refractivity contribution >= 4 is 11.5 Å². The van der Waals surface area contributed by atoms with Crippen LogP contribution in [0.2, 0.25) is 0 Å².